The quantitative estimate of drug-likeness (QED) is 0.466. The first-order chi connectivity index (χ1) is 18.6. The Bertz CT molecular complexity index is 1390. The number of hydrogen-bond donors (Lipinski definition) is 1. The Morgan fingerprint density at radius 2 is 1.92 bits per heavy atom. The lowest BCUT2D eigenvalue weighted by Crippen LogP contribution is -2.47. The molecule has 0 unspecified atom stereocenters. The van der Waals surface area contributed by atoms with Crippen molar-refractivity contribution < 1.29 is 28.4 Å². The van der Waals surface area contributed by atoms with Gasteiger partial charge in [0.05, 0.1) is 11.3 Å². The third-order valence-electron chi connectivity index (χ3n) is 7.47. The summed E-state index contributed by atoms with van der Waals surface area (Å²) >= 11 is 0. The Hall–Kier alpha value is -3.66. The molecule has 0 bridgehead atoms. The zero-order valence-corrected chi connectivity index (χ0v) is 23.0. The normalized spacial score (nSPS) is 19.1. The molecule has 2 aromatic carbocycles. The van der Waals surface area contributed by atoms with Gasteiger partial charge in [0.25, 0.3) is 0 Å². The minimum atomic E-state index is -0.517. The maximum atomic E-state index is 12.5. The van der Waals surface area contributed by atoms with Crippen LogP contribution in [0.2, 0.25) is 0 Å². The van der Waals surface area contributed by atoms with Gasteiger partial charge in [-0.25, -0.2) is 4.79 Å². The molecular formula is C29H36N4O6. The molecule has 3 amide bonds. The van der Waals surface area contributed by atoms with E-state index >= 15 is 0 Å². The fourth-order valence-corrected chi connectivity index (χ4v) is 5.36. The van der Waals surface area contributed by atoms with Gasteiger partial charge in [-0.1, -0.05) is 11.2 Å². The van der Waals surface area contributed by atoms with E-state index in [0.717, 1.165) is 41.3 Å². The number of nitrogens with zero attached hydrogens (tertiary/aromatic N) is 3. The number of aromatic nitrogens is 1. The average Bonchev–Trinajstić information content (AvgIpc) is 3.32. The highest BCUT2D eigenvalue weighted by Crippen LogP contribution is 2.36. The minimum absolute atomic E-state index is 0.240. The summed E-state index contributed by atoms with van der Waals surface area (Å²) < 4.78 is 17.1. The van der Waals surface area contributed by atoms with E-state index in [0.29, 0.717) is 43.4 Å². The van der Waals surface area contributed by atoms with Gasteiger partial charge in [-0.05, 0) is 82.1 Å². The van der Waals surface area contributed by atoms with Crippen LogP contribution in [-0.2, 0) is 14.3 Å². The number of fused-ring (bicyclic) bond motifs is 3. The first-order valence-electron chi connectivity index (χ1n) is 13.6. The standard InChI is InChI=1S/C29H36N4O6/c1-29(2,3)38-28(36)33-13-11-19(12-14-33)32(4)15-16-37-20-6-7-21-18(17-20)5-9-23-25(21)26(31-39-23)22-8-10-24(34)30-27(22)35/h5-7,9,17,19,22H,8,10-16H2,1-4H3,(H,30,34,35)/t22-/m0/s1. The molecule has 2 fully saturated rings. The number of imide groups is 1. The van der Waals surface area contributed by atoms with E-state index in [1.807, 2.05) is 51.1 Å². The monoisotopic (exact) mass is 536 g/mol. The molecule has 1 atom stereocenters. The smallest absolute Gasteiger partial charge is 0.410 e. The van der Waals surface area contributed by atoms with E-state index in [9.17, 15) is 14.4 Å². The molecule has 10 heteroatoms. The van der Waals surface area contributed by atoms with Gasteiger partial charge in [-0.15, -0.1) is 0 Å². The van der Waals surface area contributed by atoms with Gasteiger partial charge >= 0.3 is 6.09 Å². The van der Waals surface area contributed by atoms with Crippen LogP contribution < -0.4 is 10.1 Å². The second-order valence-corrected chi connectivity index (χ2v) is 11.4. The number of carbonyl (C=O) groups is 3. The Kier molecular flexibility index (Phi) is 7.48. The molecule has 0 aliphatic carbocycles. The van der Waals surface area contributed by atoms with Crippen LogP contribution in [0, 0.1) is 0 Å². The van der Waals surface area contributed by atoms with Gasteiger partial charge in [0.2, 0.25) is 11.8 Å². The van der Waals surface area contributed by atoms with Gasteiger partial charge in [0.15, 0.2) is 5.58 Å². The van der Waals surface area contributed by atoms with Crippen molar-refractivity contribution in [1.82, 2.24) is 20.3 Å². The molecule has 5 rings (SSSR count). The molecule has 0 spiro atoms. The third-order valence-corrected chi connectivity index (χ3v) is 7.47. The van der Waals surface area contributed by atoms with E-state index in [1.54, 1.807) is 4.90 Å². The van der Waals surface area contributed by atoms with Crippen LogP contribution in [0.3, 0.4) is 0 Å². The number of carbonyl (C=O) groups excluding carboxylic acids is 3. The van der Waals surface area contributed by atoms with Crippen LogP contribution in [0.1, 0.15) is 58.1 Å². The second kappa shape index (κ2) is 10.8. The highest BCUT2D eigenvalue weighted by atomic mass is 16.6. The molecule has 1 N–H and O–H groups in total. The summed E-state index contributed by atoms with van der Waals surface area (Å²) in [5.41, 5.74) is 0.686. The largest absolute Gasteiger partial charge is 0.492 e. The van der Waals surface area contributed by atoms with Crippen molar-refractivity contribution in [3.8, 4) is 5.75 Å². The molecule has 3 aromatic rings. The summed E-state index contributed by atoms with van der Waals surface area (Å²) in [6, 6.07) is 10.1. The molecule has 0 saturated carbocycles. The van der Waals surface area contributed by atoms with Crippen molar-refractivity contribution in [2.24, 2.45) is 0 Å². The van der Waals surface area contributed by atoms with Crippen LogP contribution in [-0.4, -0.2) is 77.8 Å². The van der Waals surface area contributed by atoms with Crippen LogP contribution >= 0.6 is 0 Å². The predicted octanol–water partition coefficient (Wildman–Crippen LogP) is 4.21. The van der Waals surface area contributed by atoms with Gasteiger partial charge < -0.3 is 18.9 Å². The van der Waals surface area contributed by atoms with Crippen LogP contribution in [0.25, 0.3) is 21.7 Å². The predicted molar refractivity (Wildman–Crippen MR) is 146 cm³/mol. The van der Waals surface area contributed by atoms with Crippen LogP contribution in [0.15, 0.2) is 34.9 Å². The van der Waals surface area contributed by atoms with Crippen LogP contribution in [0.5, 0.6) is 5.75 Å². The maximum Gasteiger partial charge on any atom is 0.410 e. The Labute approximate surface area is 227 Å². The van der Waals surface area contributed by atoms with Crippen LogP contribution in [0.4, 0.5) is 4.79 Å². The minimum Gasteiger partial charge on any atom is -0.492 e. The van der Waals surface area contributed by atoms with Crippen molar-refractivity contribution in [2.45, 2.75) is 64.0 Å². The first kappa shape index (κ1) is 26.9. The molecule has 2 aliphatic rings. The van der Waals surface area contributed by atoms with Crippen molar-refractivity contribution >= 4 is 39.6 Å². The number of likely N-dealkylation sites (N-methyl/N-ethyl adjacent to an activating group) is 1. The number of nitrogens with one attached hydrogen (secondary N) is 1. The van der Waals surface area contributed by atoms with Gasteiger partial charge in [0.1, 0.15) is 23.7 Å². The maximum absolute atomic E-state index is 12.5. The number of likely N-dealkylation sites (tertiary alicyclic amines) is 1. The van der Waals surface area contributed by atoms with Gasteiger partial charge in [-0.3, -0.25) is 19.8 Å². The van der Waals surface area contributed by atoms with Gasteiger partial charge in [-0.2, -0.15) is 0 Å². The fraction of sp³-hybridized carbons (Fsp3) is 0.517. The summed E-state index contributed by atoms with van der Waals surface area (Å²) in [4.78, 5) is 40.5. The molecule has 2 saturated heterocycles. The summed E-state index contributed by atoms with van der Waals surface area (Å²) in [7, 11) is 2.09. The molecule has 0 radical (unpaired) electrons. The number of rotatable bonds is 6. The highest BCUT2D eigenvalue weighted by Gasteiger charge is 2.32. The molecular weight excluding hydrogens is 500 g/mol. The molecule has 3 heterocycles. The summed E-state index contributed by atoms with van der Waals surface area (Å²) in [6.45, 7) is 8.32. The third kappa shape index (κ3) is 6.00. The first-order valence-corrected chi connectivity index (χ1v) is 13.6. The summed E-state index contributed by atoms with van der Waals surface area (Å²) in [5.74, 6) is -0.350. The van der Waals surface area contributed by atoms with E-state index < -0.39 is 11.5 Å². The van der Waals surface area contributed by atoms with Gasteiger partial charge in [0, 0.05) is 32.1 Å². The molecule has 2 aliphatic heterocycles. The number of hydrogen-bond acceptors (Lipinski definition) is 8. The lowest BCUT2D eigenvalue weighted by Gasteiger charge is -2.37. The van der Waals surface area contributed by atoms with E-state index in [1.165, 1.54) is 0 Å². The Morgan fingerprint density at radius 1 is 1.15 bits per heavy atom. The SMILES string of the molecule is CN(CCOc1ccc2c(ccc3onc([C@@H]4CCC(=O)NC4=O)c32)c1)C1CCN(C(=O)OC(C)(C)C)CC1. The van der Waals surface area contributed by atoms with E-state index in [2.05, 4.69) is 22.4 Å². The molecule has 1 aromatic heterocycles. The Morgan fingerprint density at radius 3 is 2.64 bits per heavy atom. The lowest BCUT2D eigenvalue weighted by atomic mass is 9.91. The highest BCUT2D eigenvalue weighted by molar-refractivity contribution is 6.10. The summed E-state index contributed by atoms with van der Waals surface area (Å²) in [5, 5.41) is 9.28. The number of ether oxygens (including phenoxy) is 2. The molecule has 208 valence electrons. The van der Waals surface area contributed by atoms with Crippen molar-refractivity contribution in [1.29, 1.82) is 0 Å². The lowest BCUT2D eigenvalue weighted by molar-refractivity contribution is -0.134. The van der Waals surface area contributed by atoms with Crippen molar-refractivity contribution in [3.05, 3.63) is 36.0 Å². The van der Waals surface area contributed by atoms with E-state index in [-0.39, 0.29) is 24.3 Å². The fourth-order valence-electron chi connectivity index (χ4n) is 5.36. The number of benzene rings is 2. The zero-order chi connectivity index (χ0) is 27.7. The van der Waals surface area contributed by atoms with Crippen molar-refractivity contribution in [3.63, 3.8) is 0 Å². The number of piperidine rings is 2. The molecule has 39 heavy (non-hydrogen) atoms. The molecule has 10 nitrogen and oxygen atoms in total. The Balaban J connectivity index is 1.18. The summed E-state index contributed by atoms with van der Waals surface area (Å²) in [6.07, 6.45) is 2.25. The van der Waals surface area contributed by atoms with Crippen molar-refractivity contribution in [2.75, 3.05) is 33.3 Å². The topological polar surface area (TPSA) is 114 Å². The second-order valence-electron chi connectivity index (χ2n) is 11.4. The number of amides is 3. The zero-order valence-electron chi connectivity index (χ0n) is 23.0. The van der Waals surface area contributed by atoms with E-state index in [4.69, 9.17) is 14.0 Å². The average molecular weight is 537 g/mol.